The van der Waals surface area contributed by atoms with Crippen molar-refractivity contribution in [1.82, 2.24) is 10.6 Å². The number of nitrogens with one attached hydrogen (secondary N) is 2. The van der Waals surface area contributed by atoms with E-state index >= 15 is 0 Å². The van der Waals surface area contributed by atoms with E-state index in [0.29, 0.717) is 13.0 Å². The second-order valence-electron chi connectivity index (χ2n) is 7.02. The fourth-order valence-corrected chi connectivity index (χ4v) is 3.05. The Bertz CT molecular complexity index is 623. The minimum atomic E-state index is 0.0557. The lowest BCUT2D eigenvalue weighted by molar-refractivity contribution is -0.117. The summed E-state index contributed by atoms with van der Waals surface area (Å²) in [5.74, 6) is 0.989. The van der Waals surface area contributed by atoms with Crippen LogP contribution in [0.3, 0.4) is 0 Å². The maximum absolute atomic E-state index is 11.8. The van der Waals surface area contributed by atoms with Gasteiger partial charge in [0, 0.05) is 37.2 Å². The van der Waals surface area contributed by atoms with Gasteiger partial charge in [0.2, 0.25) is 5.91 Å². The predicted molar refractivity (Wildman–Crippen MR) is 99.6 cm³/mol. The Labute approximate surface area is 149 Å². The van der Waals surface area contributed by atoms with Crippen molar-refractivity contribution in [2.75, 3.05) is 31.1 Å². The summed E-state index contributed by atoms with van der Waals surface area (Å²) in [5.41, 5.74) is 2.13. The molecule has 1 aliphatic carbocycles. The Morgan fingerprint density at radius 2 is 2.04 bits per heavy atom. The molecule has 1 aromatic carbocycles. The van der Waals surface area contributed by atoms with Gasteiger partial charge in [0.25, 0.3) is 0 Å². The number of carbonyl (C=O) groups is 1. The summed E-state index contributed by atoms with van der Waals surface area (Å²) >= 11 is 0. The fraction of sp³-hybridized carbons (Fsp3) is 0.579. The molecule has 1 saturated heterocycles. The van der Waals surface area contributed by atoms with Crippen LogP contribution in [0.5, 0.6) is 0 Å². The summed E-state index contributed by atoms with van der Waals surface area (Å²) < 4.78 is 0. The lowest BCUT2D eigenvalue weighted by Gasteiger charge is -2.17. The average molecular weight is 344 g/mol. The number of benzene rings is 1. The van der Waals surface area contributed by atoms with Crippen molar-refractivity contribution >= 4 is 17.6 Å². The molecule has 1 saturated carbocycles. The van der Waals surface area contributed by atoms with Gasteiger partial charge in [-0.25, -0.2) is 4.99 Å². The largest absolute Gasteiger partial charge is 0.396 e. The molecule has 1 amide bonds. The van der Waals surface area contributed by atoms with Gasteiger partial charge in [0.1, 0.15) is 0 Å². The molecule has 6 heteroatoms. The number of aliphatic hydroxyl groups is 1. The zero-order valence-corrected chi connectivity index (χ0v) is 14.9. The number of amides is 1. The van der Waals surface area contributed by atoms with E-state index in [0.717, 1.165) is 56.1 Å². The predicted octanol–water partition coefficient (Wildman–Crippen LogP) is 1.64. The Morgan fingerprint density at radius 1 is 1.28 bits per heavy atom. The number of carbonyl (C=O) groups excluding carboxylic acids is 1. The van der Waals surface area contributed by atoms with Crippen LogP contribution in [0.2, 0.25) is 0 Å². The van der Waals surface area contributed by atoms with Crippen LogP contribution >= 0.6 is 0 Å². The zero-order chi connectivity index (χ0) is 17.7. The Hall–Kier alpha value is -2.08. The summed E-state index contributed by atoms with van der Waals surface area (Å²) in [5, 5.41) is 16.0. The number of hydrogen-bond acceptors (Lipinski definition) is 3. The summed E-state index contributed by atoms with van der Waals surface area (Å²) in [6, 6.07) is 8.06. The molecule has 0 unspecified atom stereocenters. The van der Waals surface area contributed by atoms with E-state index in [-0.39, 0.29) is 17.9 Å². The SMILES string of the molecule is CCNC(=NCc1ccc(N2CCCC2=O)cc1)NCC1(CO)CC1. The van der Waals surface area contributed by atoms with E-state index in [1.165, 1.54) is 0 Å². The molecule has 3 N–H and O–H groups in total. The van der Waals surface area contributed by atoms with E-state index in [1.54, 1.807) is 0 Å². The van der Waals surface area contributed by atoms with Gasteiger partial charge >= 0.3 is 0 Å². The summed E-state index contributed by atoms with van der Waals surface area (Å²) in [4.78, 5) is 18.3. The van der Waals surface area contributed by atoms with Crippen molar-refractivity contribution in [3.63, 3.8) is 0 Å². The Balaban J connectivity index is 1.57. The maximum Gasteiger partial charge on any atom is 0.227 e. The lowest BCUT2D eigenvalue weighted by Crippen LogP contribution is -2.41. The number of aliphatic imine (C=N–C) groups is 1. The van der Waals surface area contributed by atoms with Crippen molar-refractivity contribution in [1.29, 1.82) is 0 Å². The number of anilines is 1. The van der Waals surface area contributed by atoms with Gasteiger partial charge in [-0.2, -0.15) is 0 Å². The highest BCUT2D eigenvalue weighted by Crippen LogP contribution is 2.44. The quantitative estimate of drug-likeness (QED) is 0.519. The monoisotopic (exact) mass is 344 g/mol. The molecule has 2 aliphatic rings. The van der Waals surface area contributed by atoms with E-state index in [2.05, 4.69) is 15.6 Å². The van der Waals surface area contributed by atoms with Crippen LogP contribution in [0.1, 0.15) is 38.2 Å². The minimum absolute atomic E-state index is 0.0557. The molecule has 3 rings (SSSR count). The Morgan fingerprint density at radius 3 is 2.60 bits per heavy atom. The van der Waals surface area contributed by atoms with Crippen LogP contribution < -0.4 is 15.5 Å². The van der Waals surface area contributed by atoms with Gasteiger partial charge in [-0.15, -0.1) is 0 Å². The van der Waals surface area contributed by atoms with E-state index < -0.39 is 0 Å². The second-order valence-corrected chi connectivity index (χ2v) is 7.02. The molecule has 0 radical (unpaired) electrons. The topological polar surface area (TPSA) is 77.0 Å². The molecule has 6 nitrogen and oxygen atoms in total. The number of guanidine groups is 1. The third kappa shape index (κ3) is 4.51. The molecule has 25 heavy (non-hydrogen) atoms. The third-order valence-corrected chi connectivity index (χ3v) is 5.01. The van der Waals surface area contributed by atoms with Gasteiger partial charge in [0.15, 0.2) is 5.96 Å². The van der Waals surface area contributed by atoms with Gasteiger partial charge < -0.3 is 20.6 Å². The molecule has 1 aromatic rings. The van der Waals surface area contributed by atoms with Crippen molar-refractivity contribution in [2.24, 2.45) is 10.4 Å². The smallest absolute Gasteiger partial charge is 0.227 e. The van der Waals surface area contributed by atoms with E-state index in [1.807, 2.05) is 36.1 Å². The zero-order valence-electron chi connectivity index (χ0n) is 14.9. The summed E-state index contributed by atoms with van der Waals surface area (Å²) in [6.45, 7) is 5.22. The first kappa shape index (κ1) is 17.7. The highest BCUT2D eigenvalue weighted by atomic mass is 16.3. The van der Waals surface area contributed by atoms with E-state index in [4.69, 9.17) is 0 Å². The first-order valence-corrected chi connectivity index (χ1v) is 9.18. The normalized spacial score (nSPS) is 19.2. The van der Waals surface area contributed by atoms with Crippen LogP contribution in [0.25, 0.3) is 0 Å². The van der Waals surface area contributed by atoms with Gasteiger partial charge in [0.05, 0.1) is 13.2 Å². The summed E-state index contributed by atoms with van der Waals surface area (Å²) in [7, 11) is 0. The molecule has 136 valence electrons. The molecule has 1 heterocycles. The first-order chi connectivity index (χ1) is 12.2. The summed E-state index contributed by atoms with van der Waals surface area (Å²) in [6.07, 6.45) is 3.75. The molecule has 0 spiro atoms. The van der Waals surface area contributed by atoms with Crippen molar-refractivity contribution in [3.05, 3.63) is 29.8 Å². The van der Waals surface area contributed by atoms with Gasteiger partial charge in [-0.3, -0.25) is 4.79 Å². The standard InChI is InChI=1S/C19H28N4O2/c1-2-20-18(22-13-19(14-24)9-10-19)21-12-15-5-7-16(8-6-15)23-11-3-4-17(23)25/h5-8,24H,2-4,9-14H2,1H3,(H2,20,21,22). The van der Waals surface area contributed by atoms with Gasteiger partial charge in [-0.05, 0) is 43.9 Å². The van der Waals surface area contributed by atoms with Crippen molar-refractivity contribution in [2.45, 2.75) is 39.2 Å². The number of nitrogens with zero attached hydrogens (tertiary/aromatic N) is 2. The van der Waals surface area contributed by atoms with Crippen LogP contribution in [0, 0.1) is 5.41 Å². The van der Waals surface area contributed by atoms with Crippen LogP contribution in [-0.2, 0) is 11.3 Å². The number of aliphatic hydroxyl groups excluding tert-OH is 1. The molecular formula is C19H28N4O2. The lowest BCUT2D eigenvalue weighted by atomic mass is 10.1. The average Bonchev–Trinajstić information content (AvgIpc) is 3.30. The van der Waals surface area contributed by atoms with Gasteiger partial charge in [-0.1, -0.05) is 12.1 Å². The van der Waals surface area contributed by atoms with Crippen LogP contribution in [0.4, 0.5) is 5.69 Å². The minimum Gasteiger partial charge on any atom is -0.396 e. The molecule has 2 fully saturated rings. The van der Waals surface area contributed by atoms with Crippen molar-refractivity contribution in [3.8, 4) is 0 Å². The van der Waals surface area contributed by atoms with E-state index in [9.17, 15) is 9.90 Å². The molecule has 0 bridgehead atoms. The van der Waals surface area contributed by atoms with Crippen LogP contribution in [-0.4, -0.2) is 43.2 Å². The maximum atomic E-state index is 11.8. The highest BCUT2D eigenvalue weighted by Gasteiger charge is 2.41. The fourth-order valence-electron chi connectivity index (χ4n) is 3.05. The van der Waals surface area contributed by atoms with Crippen LogP contribution in [0.15, 0.2) is 29.3 Å². The third-order valence-electron chi connectivity index (χ3n) is 5.01. The van der Waals surface area contributed by atoms with Crippen molar-refractivity contribution < 1.29 is 9.90 Å². The second kappa shape index (κ2) is 7.87. The highest BCUT2D eigenvalue weighted by molar-refractivity contribution is 5.95. The molecule has 0 atom stereocenters. The molecule has 1 aliphatic heterocycles. The molecular weight excluding hydrogens is 316 g/mol. The Kier molecular flexibility index (Phi) is 5.58. The number of hydrogen-bond donors (Lipinski definition) is 3. The first-order valence-electron chi connectivity index (χ1n) is 9.18. The molecule has 0 aromatic heterocycles. The number of rotatable bonds is 7.